The molecule has 0 aliphatic carbocycles. The molecule has 0 aliphatic heterocycles. The van der Waals surface area contributed by atoms with Crippen LogP contribution in [0, 0.1) is 0 Å². The van der Waals surface area contributed by atoms with Gasteiger partial charge in [-0.25, -0.2) is 4.98 Å². The third-order valence-electron chi connectivity index (χ3n) is 4.47. The third kappa shape index (κ3) is 8.52. The molecule has 0 fully saturated rings. The lowest BCUT2D eigenvalue weighted by atomic mass is 10.2. The molecule has 1 unspecified atom stereocenters. The minimum absolute atomic E-state index is 0.0215. The number of aliphatic hydroxyl groups is 1. The van der Waals surface area contributed by atoms with Crippen molar-refractivity contribution >= 4 is 29.3 Å². The highest BCUT2D eigenvalue weighted by Crippen LogP contribution is 2.34. The molecule has 0 spiro atoms. The zero-order chi connectivity index (χ0) is 26.0. The number of hydrogen-bond donors (Lipinski definition) is 4. The number of pyridine rings is 2. The maximum absolute atomic E-state index is 13.0. The number of aromatic nitrogens is 2. The Hall–Kier alpha value is -3.68. The normalized spacial score (nSPS) is 12.0. The average molecular weight is 522 g/mol. The molecule has 190 valence electrons. The maximum atomic E-state index is 13.0. The molecule has 2 heterocycles. The molecule has 1 atom stereocenters. The van der Waals surface area contributed by atoms with Crippen LogP contribution in [-0.4, -0.2) is 52.9 Å². The number of ether oxygens (including phenoxy) is 1. The Morgan fingerprint density at radius 2 is 1.78 bits per heavy atom. The highest BCUT2D eigenvalue weighted by molar-refractivity contribution is 7.99. The van der Waals surface area contributed by atoms with Crippen LogP contribution in [0.15, 0.2) is 72.1 Å². The summed E-state index contributed by atoms with van der Waals surface area (Å²) >= 11 is 1.13. The molecule has 0 saturated carbocycles. The Bertz CT molecular complexity index is 1150. The smallest absolute Gasteiger partial charge is 0.406 e. The fourth-order valence-electron chi connectivity index (χ4n) is 2.90. The molecule has 0 bridgehead atoms. The van der Waals surface area contributed by atoms with Crippen molar-refractivity contribution in [3.63, 3.8) is 0 Å². The molecule has 3 aromatic rings. The number of hydrogen-bond acceptors (Lipinski definition) is 8. The van der Waals surface area contributed by atoms with Crippen LogP contribution in [0.4, 0.5) is 18.9 Å². The van der Waals surface area contributed by atoms with Crippen molar-refractivity contribution in [1.29, 1.82) is 0 Å². The molecule has 4 N–H and O–H groups in total. The fraction of sp³-hybridized carbons (Fsp3) is 0.217. The molecule has 0 aliphatic rings. The number of rotatable bonds is 11. The van der Waals surface area contributed by atoms with Gasteiger partial charge in [0.1, 0.15) is 16.1 Å². The van der Waals surface area contributed by atoms with Crippen molar-refractivity contribution in [3.05, 3.63) is 78.2 Å². The van der Waals surface area contributed by atoms with E-state index in [2.05, 4.69) is 30.7 Å². The summed E-state index contributed by atoms with van der Waals surface area (Å²) in [5.74, 6) is -1.29. The van der Waals surface area contributed by atoms with Crippen LogP contribution in [0.5, 0.6) is 5.75 Å². The van der Waals surface area contributed by atoms with Gasteiger partial charge in [0.25, 0.3) is 5.91 Å². The zero-order valence-electron chi connectivity index (χ0n) is 18.7. The molecule has 3 rings (SSSR count). The first kappa shape index (κ1) is 26.9. The fourth-order valence-corrected chi connectivity index (χ4v) is 4.02. The molecule has 36 heavy (non-hydrogen) atoms. The number of thioether (sulfide) groups is 1. The van der Waals surface area contributed by atoms with Crippen molar-refractivity contribution < 1.29 is 32.6 Å². The maximum Gasteiger partial charge on any atom is 0.573 e. The molecule has 2 amide bonds. The van der Waals surface area contributed by atoms with Crippen molar-refractivity contribution in [2.24, 2.45) is 0 Å². The summed E-state index contributed by atoms with van der Waals surface area (Å²) in [6.45, 7) is 0.126. The zero-order valence-corrected chi connectivity index (χ0v) is 19.5. The van der Waals surface area contributed by atoms with Gasteiger partial charge in [-0.2, -0.15) is 0 Å². The summed E-state index contributed by atoms with van der Waals surface area (Å²) in [6.07, 6.45) is -0.187. The Labute approximate surface area is 208 Å². The molecule has 9 nitrogen and oxygen atoms in total. The van der Waals surface area contributed by atoms with E-state index in [1.165, 1.54) is 18.3 Å². The first-order valence-electron chi connectivity index (χ1n) is 10.5. The number of carbonyl (C=O) groups excluding carboxylic acids is 2. The lowest BCUT2D eigenvalue weighted by Crippen LogP contribution is -2.36. The van der Waals surface area contributed by atoms with E-state index >= 15 is 0 Å². The largest absolute Gasteiger partial charge is 0.573 e. The second kappa shape index (κ2) is 12.9. The highest BCUT2D eigenvalue weighted by Gasteiger charge is 2.31. The standard InChI is InChI=1S/C23H22F3N5O4S/c24-23(25,26)35-17-5-3-16(4-6-17)30-20(34)18-2-1-9-29-22(18)36-21(15-7-10-27-11-8-15)31-19(33)14-28-12-13-32/h1-11,21,28,32H,12-14H2,(H,30,34)(H,31,33). The van der Waals surface area contributed by atoms with E-state index in [1.807, 2.05) is 0 Å². The van der Waals surface area contributed by atoms with E-state index in [4.69, 9.17) is 5.11 Å². The van der Waals surface area contributed by atoms with Crippen LogP contribution in [0.3, 0.4) is 0 Å². The number of carbonyl (C=O) groups is 2. The number of nitrogens with one attached hydrogen (secondary N) is 3. The van der Waals surface area contributed by atoms with Crippen LogP contribution in [0.2, 0.25) is 0 Å². The summed E-state index contributed by atoms with van der Waals surface area (Å²) in [4.78, 5) is 33.6. The van der Waals surface area contributed by atoms with E-state index in [0.717, 1.165) is 23.9 Å². The van der Waals surface area contributed by atoms with Crippen molar-refractivity contribution in [2.45, 2.75) is 16.8 Å². The summed E-state index contributed by atoms with van der Waals surface area (Å²) in [5, 5.41) is 16.8. The summed E-state index contributed by atoms with van der Waals surface area (Å²) in [7, 11) is 0. The van der Waals surface area contributed by atoms with Gasteiger partial charge in [0.15, 0.2) is 0 Å². The number of amides is 2. The number of anilines is 1. The molecular formula is C23H22F3N5O4S. The molecule has 0 saturated heterocycles. The van der Waals surface area contributed by atoms with Gasteiger partial charge in [-0.05, 0) is 54.1 Å². The molecule has 2 aromatic heterocycles. The summed E-state index contributed by atoms with van der Waals surface area (Å²) in [6, 6.07) is 11.3. The SMILES string of the molecule is O=C(CNCCO)NC(Sc1ncccc1C(=O)Nc1ccc(OC(F)(F)F)cc1)c1ccncc1. The van der Waals surface area contributed by atoms with Gasteiger partial charge in [-0.1, -0.05) is 11.8 Å². The van der Waals surface area contributed by atoms with Gasteiger partial charge < -0.3 is 25.8 Å². The number of benzene rings is 1. The van der Waals surface area contributed by atoms with Gasteiger partial charge >= 0.3 is 6.36 Å². The molecule has 0 radical (unpaired) electrons. The minimum atomic E-state index is -4.82. The highest BCUT2D eigenvalue weighted by atomic mass is 32.2. The van der Waals surface area contributed by atoms with Crippen LogP contribution >= 0.6 is 11.8 Å². The Morgan fingerprint density at radius 1 is 1.06 bits per heavy atom. The number of alkyl halides is 3. The van der Waals surface area contributed by atoms with E-state index in [-0.39, 0.29) is 36.9 Å². The molecule has 13 heteroatoms. The Kier molecular flexibility index (Phi) is 9.61. The van der Waals surface area contributed by atoms with E-state index in [1.54, 1.807) is 36.7 Å². The van der Waals surface area contributed by atoms with Crippen molar-refractivity contribution in [3.8, 4) is 5.75 Å². The number of aliphatic hydroxyl groups excluding tert-OH is 1. The predicted octanol–water partition coefficient (Wildman–Crippen LogP) is 3.12. The van der Waals surface area contributed by atoms with Crippen LogP contribution < -0.4 is 20.7 Å². The van der Waals surface area contributed by atoms with Crippen LogP contribution in [0.1, 0.15) is 21.3 Å². The molecule has 1 aromatic carbocycles. The van der Waals surface area contributed by atoms with Gasteiger partial charge in [0.05, 0.1) is 18.7 Å². The van der Waals surface area contributed by atoms with E-state index in [9.17, 15) is 22.8 Å². The van der Waals surface area contributed by atoms with Crippen LogP contribution in [0.25, 0.3) is 0 Å². The third-order valence-corrected chi connectivity index (χ3v) is 5.64. The number of nitrogens with zero attached hydrogens (tertiary/aromatic N) is 2. The van der Waals surface area contributed by atoms with Crippen LogP contribution in [-0.2, 0) is 4.79 Å². The summed E-state index contributed by atoms with van der Waals surface area (Å²) < 4.78 is 40.9. The molecular weight excluding hydrogens is 499 g/mol. The topological polar surface area (TPSA) is 125 Å². The Balaban J connectivity index is 1.75. The van der Waals surface area contributed by atoms with Gasteiger partial charge in [-0.3, -0.25) is 14.6 Å². The number of halogens is 3. The first-order chi connectivity index (χ1) is 17.2. The van der Waals surface area contributed by atoms with E-state index in [0.29, 0.717) is 10.6 Å². The van der Waals surface area contributed by atoms with Gasteiger partial charge in [0, 0.05) is 30.8 Å². The minimum Gasteiger partial charge on any atom is -0.406 e. The average Bonchev–Trinajstić information content (AvgIpc) is 2.85. The van der Waals surface area contributed by atoms with Crippen molar-refractivity contribution in [1.82, 2.24) is 20.6 Å². The van der Waals surface area contributed by atoms with Gasteiger partial charge in [0.2, 0.25) is 5.91 Å². The lowest BCUT2D eigenvalue weighted by Gasteiger charge is -2.19. The summed E-state index contributed by atoms with van der Waals surface area (Å²) in [5.41, 5.74) is 1.16. The van der Waals surface area contributed by atoms with E-state index < -0.39 is 23.4 Å². The van der Waals surface area contributed by atoms with Gasteiger partial charge in [-0.15, -0.1) is 13.2 Å². The lowest BCUT2D eigenvalue weighted by molar-refractivity contribution is -0.274. The Morgan fingerprint density at radius 3 is 2.44 bits per heavy atom. The monoisotopic (exact) mass is 521 g/mol. The first-order valence-corrected chi connectivity index (χ1v) is 11.4. The quantitative estimate of drug-likeness (QED) is 0.172. The second-order valence-electron chi connectivity index (χ2n) is 7.13. The second-order valence-corrected chi connectivity index (χ2v) is 8.22. The predicted molar refractivity (Wildman–Crippen MR) is 126 cm³/mol. The van der Waals surface area contributed by atoms with Crippen molar-refractivity contribution in [2.75, 3.05) is 25.0 Å².